The fourth-order valence-electron chi connectivity index (χ4n) is 1.55. The van der Waals surface area contributed by atoms with Crippen LogP contribution in [0.15, 0.2) is 18.2 Å². The highest BCUT2D eigenvalue weighted by Gasteiger charge is 2.20. The van der Waals surface area contributed by atoms with Crippen LogP contribution < -0.4 is 14.8 Å². The van der Waals surface area contributed by atoms with Crippen LogP contribution in [0.1, 0.15) is 39.2 Å². The van der Waals surface area contributed by atoms with E-state index in [-0.39, 0.29) is 5.97 Å². The first-order valence-corrected chi connectivity index (χ1v) is 6.83. The van der Waals surface area contributed by atoms with Gasteiger partial charge >= 0.3 is 5.97 Å². The molecule has 1 N–H and O–H groups in total. The highest BCUT2D eigenvalue weighted by Crippen LogP contribution is 2.31. The van der Waals surface area contributed by atoms with Crippen LogP contribution >= 0.6 is 0 Å². The van der Waals surface area contributed by atoms with Gasteiger partial charge in [-0.15, -0.1) is 0 Å². The molecule has 0 aliphatic rings. The monoisotopic (exact) mass is 275 g/mol. The summed E-state index contributed by atoms with van der Waals surface area (Å²) >= 11 is 0. The molecule has 4 nitrogen and oxygen atoms in total. The number of nitrogens with one attached hydrogen (secondary N) is 1. The van der Waals surface area contributed by atoms with Crippen LogP contribution in [0.2, 0.25) is 0 Å². The number of carbonyl (C=O) groups excluding carboxylic acids is 1. The number of benzene rings is 1. The maximum absolute atomic E-state index is 11.6. The lowest BCUT2D eigenvalue weighted by molar-refractivity contribution is -0.134. The van der Waals surface area contributed by atoms with Gasteiger partial charge in [0.1, 0.15) is 0 Å². The lowest BCUT2D eigenvalue weighted by Crippen LogP contribution is -2.42. The lowest BCUT2D eigenvalue weighted by atomic mass is 9.97. The molecule has 2 radical (unpaired) electrons. The van der Waals surface area contributed by atoms with Crippen LogP contribution in [0.3, 0.4) is 0 Å². The van der Waals surface area contributed by atoms with Gasteiger partial charge in [-0.25, -0.2) is 0 Å². The van der Waals surface area contributed by atoms with Gasteiger partial charge in [-0.3, -0.25) is 10.1 Å². The van der Waals surface area contributed by atoms with E-state index in [1.54, 1.807) is 19.2 Å². The number of esters is 1. The van der Waals surface area contributed by atoms with Crippen molar-refractivity contribution in [3.63, 3.8) is 0 Å². The fourth-order valence-corrected chi connectivity index (χ4v) is 1.55. The van der Waals surface area contributed by atoms with Gasteiger partial charge in [0.05, 0.1) is 7.85 Å². The van der Waals surface area contributed by atoms with Crippen molar-refractivity contribution < 1.29 is 14.3 Å². The molecule has 0 amide bonds. The molecule has 0 saturated heterocycles. The van der Waals surface area contributed by atoms with Crippen LogP contribution in [0.25, 0.3) is 0 Å². The molecule has 1 rings (SSSR count). The average Bonchev–Trinajstić information content (AvgIpc) is 2.40. The third-order valence-electron chi connectivity index (χ3n) is 2.89. The van der Waals surface area contributed by atoms with Gasteiger partial charge in [0, 0.05) is 6.42 Å². The van der Waals surface area contributed by atoms with Crippen molar-refractivity contribution in [1.29, 1.82) is 0 Å². The molecule has 0 fully saturated rings. The summed E-state index contributed by atoms with van der Waals surface area (Å²) in [6.07, 6.45) is 1.53. The molecule has 0 atom stereocenters. The SMILES string of the molecule is [B]Cc1ccc(OC(=O)CCC)c(OC(C)(C)NC)c1. The Labute approximate surface area is 122 Å². The molecule has 1 aromatic rings. The Hall–Kier alpha value is -1.49. The van der Waals surface area contributed by atoms with Crippen molar-refractivity contribution in [1.82, 2.24) is 5.32 Å². The van der Waals surface area contributed by atoms with Gasteiger partial charge in [-0.1, -0.05) is 24.9 Å². The van der Waals surface area contributed by atoms with E-state index >= 15 is 0 Å². The Morgan fingerprint density at radius 2 is 2.05 bits per heavy atom. The largest absolute Gasteiger partial charge is 0.469 e. The second kappa shape index (κ2) is 7.34. The number of hydrogen-bond donors (Lipinski definition) is 1. The summed E-state index contributed by atoms with van der Waals surface area (Å²) in [6, 6.07) is 5.35. The molecule has 20 heavy (non-hydrogen) atoms. The van der Waals surface area contributed by atoms with E-state index in [1.807, 2.05) is 26.8 Å². The first-order valence-electron chi connectivity index (χ1n) is 6.83. The summed E-state index contributed by atoms with van der Waals surface area (Å²) in [7, 11) is 7.44. The number of ether oxygens (including phenoxy) is 2. The quantitative estimate of drug-likeness (QED) is 0.359. The summed E-state index contributed by atoms with van der Waals surface area (Å²) in [5, 5.41) is 3.04. The molecule has 0 aliphatic heterocycles. The van der Waals surface area contributed by atoms with E-state index in [0.717, 1.165) is 12.0 Å². The molecule has 0 unspecified atom stereocenters. The maximum atomic E-state index is 11.6. The minimum Gasteiger partial charge on any atom is -0.469 e. The highest BCUT2D eigenvalue weighted by molar-refractivity contribution is 6.08. The fraction of sp³-hybridized carbons (Fsp3) is 0.533. The Balaban J connectivity index is 3.00. The minimum atomic E-state index is -0.570. The van der Waals surface area contributed by atoms with Crippen LogP contribution in [0.4, 0.5) is 0 Å². The Morgan fingerprint density at radius 1 is 1.35 bits per heavy atom. The highest BCUT2D eigenvalue weighted by atomic mass is 16.6. The van der Waals surface area contributed by atoms with Crippen LogP contribution in [0, 0.1) is 0 Å². The zero-order chi connectivity index (χ0) is 15.2. The molecular weight excluding hydrogens is 253 g/mol. The summed E-state index contributed by atoms with van der Waals surface area (Å²) in [5.74, 6) is 0.667. The van der Waals surface area contributed by atoms with Gasteiger partial charge in [-0.2, -0.15) is 0 Å². The molecular formula is C15H22BNO3. The zero-order valence-corrected chi connectivity index (χ0v) is 12.7. The van der Waals surface area contributed by atoms with Crippen LogP contribution in [-0.2, 0) is 11.1 Å². The normalized spacial score (nSPS) is 11.2. The van der Waals surface area contributed by atoms with Gasteiger partial charge in [-0.05, 0) is 39.4 Å². The number of hydrogen-bond acceptors (Lipinski definition) is 4. The maximum Gasteiger partial charge on any atom is 0.311 e. The zero-order valence-electron chi connectivity index (χ0n) is 12.7. The van der Waals surface area contributed by atoms with E-state index in [9.17, 15) is 4.79 Å². The predicted octanol–water partition coefficient (Wildman–Crippen LogP) is 2.39. The minimum absolute atomic E-state index is 0.264. The molecule has 0 saturated carbocycles. The van der Waals surface area contributed by atoms with E-state index in [0.29, 0.717) is 24.2 Å². The van der Waals surface area contributed by atoms with Crippen molar-refractivity contribution in [2.45, 2.75) is 45.7 Å². The smallest absolute Gasteiger partial charge is 0.311 e. The molecule has 0 heterocycles. The first kappa shape index (κ1) is 16.6. The summed E-state index contributed by atoms with van der Waals surface area (Å²) < 4.78 is 11.2. The molecule has 0 bridgehead atoms. The molecule has 0 aromatic heterocycles. The van der Waals surface area contributed by atoms with Crippen molar-refractivity contribution in [2.75, 3.05) is 7.05 Å². The van der Waals surface area contributed by atoms with Crippen molar-refractivity contribution in [3.8, 4) is 11.5 Å². The van der Waals surface area contributed by atoms with Crippen LogP contribution in [-0.4, -0.2) is 26.6 Å². The van der Waals surface area contributed by atoms with E-state index in [4.69, 9.17) is 17.3 Å². The van der Waals surface area contributed by atoms with Gasteiger partial charge in [0.15, 0.2) is 17.2 Å². The van der Waals surface area contributed by atoms with Crippen molar-refractivity contribution in [3.05, 3.63) is 23.8 Å². The third kappa shape index (κ3) is 4.89. The van der Waals surface area contributed by atoms with Crippen molar-refractivity contribution in [2.24, 2.45) is 0 Å². The van der Waals surface area contributed by atoms with Gasteiger partial charge < -0.3 is 9.47 Å². The standard InChI is InChI=1S/C15H22BNO3/c1-5-6-14(18)19-12-8-7-11(10-16)9-13(12)20-15(2,3)17-4/h7-9,17H,5-6,10H2,1-4H3. The topological polar surface area (TPSA) is 47.6 Å². The second-order valence-electron chi connectivity index (χ2n) is 5.07. The number of carbonyl (C=O) groups is 1. The van der Waals surface area contributed by atoms with E-state index in [2.05, 4.69) is 5.32 Å². The Bertz CT molecular complexity index is 460. The summed E-state index contributed by atoms with van der Waals surface area (Å²) in [6.45, 7) is 5.71. The Kier molecular flexibility index (Phi) is 6.08. The van der Waals surface area contributed by atoms with Gasteiger partial charge in [0.2, 0.25) is 0 Å². The molecule has 5 heteroatoms. The van der Waals surface area contributed by atoms with E-state index < -0.39 is 5.72 Å². The second-order valence-corrected chi connectivity index (χ2v) is 5.07. The van der Waals surface area contributed by atoms with E-state index in [1.165, 1.54) is 0 Å². The third-order valence-corrected chi connectivity index (χ3v) is 2.89. The molecule has 0 aliphatic carbocycles. The molecule has 1 aromatic carbocycles. The van der Waals surface area contributed by atoms with Crippen molar-refractivity contribution >= 4 is 13.8 Å². The summed E-state index contributed by atoms with van der Waals surface area (Å²) in [4.78, 5) is 11.6. The summed E-state index contributed by atoms with van der Waals surface area (Å²) in [5.41, 5.74) is 0.348. The van der Waals surface area contributed by atoms with Crippen LogP contribution in [0.5, 0.6) is 11.5 Å². The Morgan fingerprint density at radius 3 is 2.60 bits per heavy atom. The lowest BCUT2D eigenvalue weighted by Gasteiger charge is -2.27. The predicted molar refractivity (Wildman–Crippen MR) is 80.2 cm³/mol. The molecule has 108 valence electrons. The first-order chi connectivity index (χ1) is 9.41. The average molecular weight is 275 g/mol. The molecule has 0 spiro atoms. The number of rotatable bonds is 7. The van der Waals surface area contributed by atoms with Gasteiger partial charge in [0.25, 0.3) is 0 Å².